The SMILES string of the molecule is CC1CCN(Cc2ccc(C(=O)N3CCOC4(CNCCOC4)C3)o2)CC1. The summed E-state index contributed by atoms with van der Waals surface area (Å²) in [7, 11) is 0. The first-order valence-electron chi connectivity index (χ1n) is 10.2. The van der Waals surface area contributed by atoms with Crippen LogP contribution in [-0.4, -0.2) is 80.4 Å². The molecule has 1 spiro atoms. The van der Waals surface area contributed by atoms with E-state index < -0.39 is 5.60 Å². The molecule has 0 bridgehead atoms. The number of likely N-dealkylation sites (tertiary alicyclic amines) is 1. The van der Waals surface area contributed by atoms with Gasteiger partial charge >= 0.3 is 0 Å². The van der Waals surface area contributed by atoms with Crippen molar-refractivity contribution in [3.05, 3.63) is 23.7 Å². The van der Waals surface area contributed by atoms with Gasteiger partial charge in [0.25, 0.3) is 5.91 Å². The van der Waals surface area contributed by atoms with Crippen LogP contribution in [0.3, 0.4) is 0 Å². The van der Waals surface area contributed by atoms with E-state index >= 15 is 0 Å². The Bertz CT molecular complexity index is 631. The van der Waals surface area contributed by atoms with Crippen LogP contribution in [0, 0.1) is 5.92 Å². The van der Waals surface area contributed by atoms with Crippen molar-refractivity contribution >= 4 is 5.91 Å². The van der Waals surface area contributed by atoms with Crippen LogP contribution in [0.1, 0.15) is 36.1 Å². The number of furan rings is 1. The first kappa shape index (κ1) is 18.9. The fourth-order valence-electron chi connectivity index (χ4n) is 4.16. The quantitative estimate of drug-likeness (QED) is 0.858. The summed E-state index contributed by atoms with van der Waals surface area (Å²) in [6.07, 6.45) is 2.47. The van der Waals surface area contributed by atoms with Crippen molar-refractivity contribution in [1.82, 2.24) is 15.1 Å². The van der Waals surface area contributed by atoms with Crippen molar-refractivity contribution in [3.8, 4) is 0 Å². The van der Waals surface area contributed by atoms with Gasteiger partial charge in [0.1, 0.15) is 11.4 Å². The molecule has 150 valence electrons. The summed E-state index contributed by atoms with van der Waals surface area (Å²) in [5.74, 6) is 2.05. The number of nitrogens with one attached hydrogen (secondary N) is 1. The van der Waals surface area contributed by atoms with Crippen LogP contribution in [0.15, 0.2) is 16.5 Å². The van der Waals surface area contributed by atoms with Crippen LogP contribution in [0.25, 0.3) is 0 Å². The van der Waals surface area contributed by atoms with Gasteiger partial charge in [-0.05, 0) is 44.0 Å². The zero-order valence-electron chi connectivity index (χ0n) is 16.2. The summed E-state index contributed by atoms with van der Waals surface area (Å²) in [6.45, 7) is 9.64. The lowest BCUT2D eigenvalue weighted by Gasteiger charge is -2.41. The van der Waals surface area contributed by atoms with E-state index in [0.29, 0.717) is 45.2 Å². The number of ether oxygens (including phenoxy) is 2. The smallest absolute Gasteiger partial charge is 0.289 e. The lowest BCUT2D eigenvalue weighted by molar-refractivity contribution is -0.126. The fraction of sp³-hybridized carbons (Fsp3) is 0.750. The average Bonchev–Trinajstić information content (AvgIpc) is 3.03. The van der Waals surface area contributed by atoms with E-state index in [2.05, 4.69) is 17.1 Å². The van der Waals surface area contributed by atoms with Gasteiger partial charge in [0.2, 0.25) is 0 Å². The normalized spacial score (nSPS) is 28.4. The molecule has 0 aliphatic carbocycles. The number of carbonyl (C=O) groups is 1. The molecular weight excluding hydrogens is 346 g/mol. The molecule has 4 heterocycles. The molecule has 3 aliphatic rings. The summed E-state index contributed by atoms with van der Waals surface area (Å²) in [5.41, 5.74) is -0.454. The maximum atomic E-state index is 13.0. The second kappa shape index (κ2) is 8.31. The summed E-state index contributed by atoms with van der Waals surface area (Å²) in [6, 6.07) is 3.76. The van der Waals surface area contributed by atoms with E-state index in [1.165, 1.54) is 12.8 Å². The highest BCUT2D eigenvalue weighted by Crippen LogP contribution is 2.23. The molecular formula is C20H31N3O4. The second-order valence-electron chi connectivity index (χ2n) is 8.21. The third-order valence-electron chi connectivity index (χ3n) is 5.90. The summed E-state index contributed by atoms with van der Waals surface area (Å²) >= 11 is 0. The second-order valence-corrected chi connectivity index (χ2v) is 8.21. The van der Waals surface area contributed by atoms with Crippen molar-refractivity contribution in [2.45, 2.75) is 31.9 Å². The molecule has 1 amide bonds. The first-order chi connectivity index (χ1) is 13.1. The minimum atomic E-state index is -0.454. The van der Waals surface area contributed by atoms with Crippen LogP contribution in [0.5, 0.6) is 0 Å². The molecule has 7 nitrogen and oxygen atoms in total. The van der Waals surface area contributed by atoms with E-state index in [9.17, 15) is 4.79 Å². The molecule has 3 fully saturated rings. The summed E-state index contributed by atoms with van der Waals surface area (Å²) in [5, 5.41) is 3.34. The van der Waals surface area contributed by atoms with Crippen LogP contribution >= 0.6 is 0 Å². The minimum Gasteiger partial charge on any atom is -0.455 e. The highest BCUT2D eigenvalue weighted by molar-refractivity contribution is 5.91. The van der Waals surface area contributed by atoms with Gasteiger partial charge in [-0.15, -0.1) is 0 Å². The van der Waals surface area contributed by atoms with E-state index in [4.69, 9.17) is 13.9 Å². The Kier molecular flexibility index (Phi) is 5.82. The van der Waals surface area contributed by atoms with Crippen molar-refractivity contribution in [1.29, 1.82) is 0 Å². The van der Waals surface area contributed by atoms with Gasteiger partial charge in [-0.1, -0.05) is 6.92 Å². The minimum absolute atomic E-state index is 0.0551. The highest BCUT2D eigenvalue weighted by Gasteiger charge is 2.40. The van der Waals surface area contributed by atoms with Crippen LogP contribution in [-0.2, 0) is 16.0 Å². The molecule has 1 aromatic rings. The molecule has 1 N–H and O–H groups in total. The Hall–Kier alpha value is -1.41. The zero-order valence-corrected chi connectivity index (χ0v) is 16.2. The van der Waals surface area contributed by atoms with Gasteiger partial charge in [0.15, 0.2) is 5.76 Å². The predicted molar refractivity (Wildman–Crippen MR) is 101 cm³/mol. The van der Waals surface area contributed by atoms with Crippen molar-refractivity contribution in [2.24, 2.45) is 5.92 Å². The Morgan fingerprint density at radius 1 is 1.26 bits per heavy atom. The number of hydrogen-bond donors (Lipinski definition) is 1. The fourth-order valence-corrected chi connectivity index (χ4v) is 4.16. The monoisotopic (exact) mass is 377 g/mol. The van der Waals surface area contributed by atoms with Crippen LogP contribution in [0.2, 0.25) is 0 Å². The molecule has 4 rings (SSSR count). The van der Waals surface area contributed by atoms with Gasteiger partial charge in [0, 0.05) is 19.6 Å². The van der Waals surface area contributed by atoms with Gasteiger partial charge < -0.3 is 24.1 Å². The molecule has 0 radical (unpaired) electrons. The Labute approximate surface area is 161 Å². The summed E-state index contributed by atoms with van der Waals surface area (Å²) < 4.78 is 17.6. The van der Waals surface area contributed by atoms with Crippen molar-refractivity contribution < 1.29 is 18.7 Å². The van der Waals surface area contributed by atoms with E-state index in [1.54, 1.807) is 0 Å². The Balaban J connectivity index is 1.37. The third-order valence-corrected chi connectivity index (χ3v) is 5.90. The molecule has 3 saturated heterocycles. The standard InChI is InChI=1S/C20H31N3O4/c1-16-4-7-22(8-5-16)12-17-2-3-18(27-17)19(24)23-9-11-26-20(14-23)13-21-6-10-25-15-20/h2-3,16,21H,4-15H2,1H3. The topological polar surface area (TPSA) is 67.2 Å². The molecule has 27 heavy (non-hydrogen) atoms. The van der Waals surface area contributed by atoms with Crippen molar-refractivity contribution in [3.63, 3.8) is 0 Å². The first-order valence-corrected chi connectivity index (χ1v) is 10.2. The number of piperidine rings is 1. The molecule has 0 saturated carbocycles. The lowest BCUT2D eigenvalue weighted by Crippen LogP contribution is -2.59. The van der Waals surface area contributed by atoms with Crippen molar-refractivity contribution in [2.75, 3.05) is 59.1 Å². The van der Waals surface area contributed by atoms with Crippen LogP contribution < -0.4 is 5.32 Å². The zero-order chi connectivity index (χ0) is 18.7. The van der Waals surface area contributed by atoms with Crippen LogP contribution in [0.4, 0.5) is 0 Å². The number of nitrogens with zero attached hydrogens (tertiary/aromatic N) is 2. The molecule has 1 aromatic heterocycles. The van der Waals surface area contributed by atoms with Gasteiger partial charge in [0.05, 0.1) is 32.9 Å². The van der Waals surface area contributed by atoms with Gasteiger partial charge in [-0.2, -0.15) is 0 Å². The summed E-state index contributed by atoms with van der Waals surface area (Å²) in [4.78, 5) is 17.2. The Morgan fingerprint density at radius 2 is 2.11 bits per heavy atom. The lowest BCUT2D eigenvalue weighted by atomic mass is 9.99. The molecule has 0 aromatic carbocycles. The maximum absolute atomic E-state index is 13.0. The average molecular weight is 377 g/mol. The Morgan fingerprint density at radius 3 is 2.96 bits per heavy atom. The molecule has 3 aliphatic heterocycles. The largest absolute Gasteiger partial charge is 0.455 e. The number of carbonyl (C=O) groups excluding carboxylic acids is 1. The predicted octanol–water partition coefficient (Wildman–Crippen LogP) is 1.34. The van der Waals surface area contributed by atoms with E-state index in [0.717, 1.165) is 37.9 Å². The van der Waals surface area contributed by atoms with E-state index in [1.807, 2.05) is 17.0 Å². The highest BCUT2D eigenvalue weighted by atomic mass is 16.5. The number of hydrogen-bond acceptors (Lipinski definition) is 6. The van der Waals surface area contributed by atoms with Gasteiger partial charge in [-0.3, -0.25) is 9.69 Å². The number of rotatable bonds is 3. The number of amides is 1. The molecule has 7 heteroatoms. The van der Waals surface area contributed by atoms with E-state index in [-0.39, 0.29) is 5.91 Å². The third kappa shape index (κ3) is 4.54. The molecule has 1 unspecified atom stereocenters. The molecule has 1 atom stereocenters. The maximum Gasteiger partial charge on any atom is 0.289 e. The van der Waals surface area contributed by atoms with Gasteiger partial charge in [-0.25, -0.2) is 0 Å². The number of morpholine rings is 1.